The quantitative estimate of drug-likeness (QED) is 0.680. The molecule has 4 heteroatoms. The maximum absolute atomic E-state index is 4.89. The van der Waals surface area contributed by atoms with Crippen molar-refractivity contribution in [3.05, 3.63) is 23.3 Å². The molecular weight excluding hydrogens is 202 g/mol. The third-order valence-corrected chi connectivity index (χ3v) is 2.79. The Morgan fingerprint density at radius 2 is 2.12 bits per heavy atom. The zero-order valence-electron chi connectivity index (χ0n) is 10.2. The smallest absolute Gasteiger partial charge is 0.125 e. The average molecular weight is 219 g/mol. The lowest BCUT2D eigenvalue weighted by Crippen LogP contribution is -2.29. The van der Waals surface area contributed by atoms with Crippen molar-refractivity contribution in [2.45, 2.75) is 33.6 Å². The summed E-state index contributed by atoms with van der Waals surface area (Å²) in [4.78, 5) is 13.6. The number of rotatable bonds is 1. The molecule has 16 heavy (non-hydrogen) atoms. The summed E-state index contributed by atoms with van der Waals surface area (Å²) >= 11 is 0. The van der Waals surface area contributed by atoms with Crippen LogP contribution in [0.25, 0.3) is 0 Å². The van der Waals surface area contributed by atoms with Crippen LogP contribution < -0.4 is 0 Å². The Kier molecular flexibility index (Phi) is 2.66. The van der Waals surface area contributed by atoms with Crippen LogP contribution in [-0.2, 0) is 11.3 Å². The Balaban J connectivity index is 2.51. The Bertz CT molecular complexity index is 438. The van der Waals surface area contributed by atoms with Crippen molar-refractivity contribution >= 4 is 5.71 Å². The lowest BCUT2D eigenvalue weighted by molar-refractivity contribution is 0.210. The van der Waals surface area contributed by atoms with Crippen LogP contribution in [-0.4, -0.2) is 22.8 Å². The highest BCUT2D eigenvalue weighted by Crippen LogP contribution is 2.33. The second-order valence-electron chi connectivity index (χ2n) is 5.02. The fourth-order valence-electron chi connectivity index (χ4n) is 2.15. The van der Waals surface area contributed by atoms with Gasteiger partial charge in [0, 0.05) is 11.8 Å². The van der Waals surface area contributed by atoms with E-state index < -0.39 is 0 Å². The predicted octanol–water partition coefficient (Wildman–Crippen LogP) is 2.11. The van der Waals surface area contributed by atoms with Gasteiger partial charge in [-0.1, -0.05) is 19.0 Å². The molecule has 2 rings (SSSR count). The molecule has 0 bridgehead atoms. The minimum atomic E-state index is 0.186. The summed E-state index contributed by atoms with van der Waals surface area (Å²) in [5.74, 6) is 0.813. The molecule has 4 nitrogen and oxygen atoms in total. The van der Waals surface area contributed by atoms with E-state index in [-0.39, 0.29) is 5.41 Å². The van der Waals surface area contributed by atoms with Crippen LogP contribution in [0.1, 0.15) is 37.4 Å². The standard InChI is InChI=1S/C12H17N3O/c1-8-13-7-9-10(14-8)5-12(2,3)6-11(9)15-16-4/h7H,5-6H2,1-4H3/b15-11+. The SMILES string of the molecule is CO/N=C1\CC(C)(C)Cc2nc(C)ncc21. The van der Waals surface area contributed by atoms with Crippen LogP contribution in [0, 0.1) is 12.3 Å². The first-order valence-electron chi connectivity index (χ1n) is 5.45. The van der Waals surface area contributed by atoms with Crippen molar-refractivity contribution in [1.29, 1.82) is 0 Å². The third kappa shape index (κ3) is 2.05. The molecule has 86 valence electrons. The fourth-order valence-corrected chi connectivity index (χ4v) is 2.15. The normalized spacial score (nSPS) is 20.6. The Morgan fingerprint density at radius 1 is 1.38 bits per heavy atom. The topological polar surface area (TPSA) is 47.4 Å². The molecule has 0 spiro atoms. The monoisotopic (exact) mass is 219 g/mol. The molecule has 0 aromatic carbocycles. The molecule has 0 saturated carbocycles. The average Bonchev–Trinajstić information content (AvgIpc) is 2.15. The van der Waals surface area contributed by atoms with Gasteiger partial charge < -0.3 is 4.84 Å². The van der Waals surface area contributed by atoms with E-state index in [9.17, 15) is 0 Å². The van der Waals surface area contributed by atoms with E-state index in [2.05, 4.69) is 29.0 Å². The van der Waals surface area contributed by atoms with Gasteiger partial charge in [0.2, 0.25) is 0 Å². The Labute approximate surface area is 95.7 Å². The molecular formula is C12H17N3O. The number of aromatic nitrogens is 2. The Morgan fingerprint density at radius 3 is 2.81 bits per heavy atom. The van der Waals surface area contributed by atoms with Crippen LogP contribution >= 0.6 is 0 Å². The van der Waals surface area contributed by atoms with Crippen molar-refractivity contribution in [3.63, 3.8) is 0 Å². The number of aryl methyl sites for hydroxylation is 1. The second kappa shape index (κ2) is 3.85. The summed E-state index contributed by atoms with van der Waals surface area (Å²) in [5.41, 5.74) is 3.26. The molecule has 1 aliphatic rings. The molecule has 1 aromatic rings. The number of nitrogens with zero attached hydrogens (tertiary/aromatic N) is 3. The zero-order valence-corrected chi connectivity index (χ0v) is 10.2. The van der Waals surface area contributed by atoms with Gasteiger partial charge in [-0.05, 0) is 25.2 Å². The summed E-state index contributed by atoms with van der Waals surface area (Å²) in [6.45, 7) is 6.35. The molecule has 0 amide bonds. The zero-order chi connectivity index (χ0) is 11.8. The van der Waals surface area contributed by atoms with Crippen molar-refractivity contribution in [3.8, 4) is 0 Å². The van der Waals surface area contributed by atoms with Crippen molar-refractivity contribution < 1.29 is 4.84 Å². The molecule has 1 aromatic heterocycles. The molecule has 0 saturated heterocycles. The van der Waals surface area contributed by atoms with Gasteiger partial charge in [-0.2, -0.15) is 0 Å². The van der Waals surface area contributed by atoms with Crippen LogP contribution in [0.15, 0.2) is 11.4 Å². The van der Waals surface area contributed by atoms with E-state index in [0.717, 1.165) is 35.6 Å². The molecule has 0 unspecified atom stereocenters. The summed E-state index contributed by atoms with van der Waals surface area (Å²) in [7, 11) is 1.57. The predicted molar refractivity (Wildman–Crippen MR) is 62.4 cm³/mol. The molecule has 1 heterocycles. The molecule has 0 aliphatic heterocycles. The summed E-state index contributed by atoms with van der Waals surface area (Å²) < 4.78 is 0. The number of fused-ring (bicyclic) bond motifs is 1. The lowest BCUT2D eigenvalue weighted by atomic mass is 9.75. The van der Waals surface area contributed by atoms with Gasteiger partial charge in [0.1, 0.15) is 12.9 Å². The van der Waals surface area contributed by atoms with Crippen molar-refractivity contribution in [2.24, 2.45) is 10.6 Å². The van der Waals surface area contributed by atoms with Crippen LogP contribution in [0.3, 0.4) is 0 Å². The Hall–Kier alpha value is -1.45. The van der Waals surface area contributed by atoms with Gasteiger partial charge in [-0.25, -0.2) is 9.97 Å². The van der Waals surface area contributed by atoms with Crippen LogP contribution in [0.2, 0.25) is 0 Å². The van der Waals surface area contributed by atoms with Gasteiger partial charge in [-0.15, -0.1) is 0 Å². The van der Waals surface area contributed by atoms with Crippen LogP contribution in [0.4, 0.5) is 0 Å². The second-order valence-corrected chi connectivity index (χ2v) is 5.02. The largest absolute Gasteiger partial charge is 0.399 e. The minimum absolute atomic E-state index is 0.186. The van der Waals surface area contributed by atoms with E-state index in [1.54, 1.807) is 7.11 Å². The molecule has 0 N–H and O–H groups in total. The van der Waals surface area contributed by atoms with Crippen molar-refractivity contribution in [2.75, 3.05) is 7.11 Å². The summed E-state index contributed by atoms with van der Waals surface area (Å²) in [5, 5.41) is 4.09. The van der Waals surface area contributed by atoms with E-state index in [4.69, 9.17) is 4.84 Å². The highest BCUT2D eigenvalue weighted by atomic mass is 16.6. The van der Waals surface area contributed by atoms with Gasteiger partial charge >= 0.3 is 0 Å². The first kappa shape index (κ1) is 11.0. The highest BCUT2D eigenvalue weighted by Gasteiger charge is 2.31. The van der Waals surface area contributed by atoms with Gasteiger partial charge in [0.05, 0.1) is 11.4 Å². The fraction of sp³-hybridized carbons (Fsp3) is 0.583. The third-order valence-electron chi connectivity index (χ3n) is 2.79. The van der Waals surface area contributed by atoms with E-state index in [1.165, 1.54) is 0 Å². The van der Waals surface area contributed by atoms with E-state index >= 15 is 0 Å². The number of hydrogen-bond donors (Lipinski definition) is 0. The van der Waals surface area contributed by atoms with E-state index in [0.29, 0.717) is 0 Å². The molecule has 0 radical (unpaired) electrons. The first-order chi connectivity index (χ1) is 7.52. The van der Waals surface area contributed by atoms with Gasteiger partial charge in [0.25, 0.3) is 0 Å². The molecule has 1 aliphatic carbocycles. The molecule has 0 atom stereocenters. The van der Waals surface area contributed by atoms with Gasteiger partial charge in [0.15, 0.2) is 0 Å². The summed E-state index contributed by atoms with van der Waals surface area (Å²) in [6, 6.07) is 0. The highest BCUT2D eigenvalue weighted by molar-refractivity contribution is 6.02. The maximum Gasteiger partial charge on any atom is 0.125 e. The van der Waals surface area contributed by atoms with Crippen molar-refractivity contribution in [1.82, 2.24) is 9.97 Å². The maximum atomic E-state index is 4.89. The first-order valence-corrected chi connectivity index (χ1v) is 5.45. The molecule has 0 fully saturated rings. The van der Waals surface area contributed by atoms with E-state index in [1.807, 2.05) is 13.1 Å². The lowest BCUT2D eigenvalue weighted by Gasteiger charge is -2.30. The van der Waals surface area contributed by atoms with Gasteiger partial charge in [-0.3, -0.25) is 0 Å². The number of oxime groups is 1. The van der Waals surface area contributed by atoms with Crippen LogP contribution in [0.5, 0.6) is 0 Å². The number of hydrogen-bond acceptors (Lipinski definition) is 4. The minimum Gasteiger partial charge on any atom is -0.399 e. The summed E-state index contributed by atoms with van der Waals surface area (Å²) in [6.07, 6.45) is 3.72.